The van der Waals surface area contributed by atoms with Crippen LogP contribution in [-0.4, -0.2) is 44.6 Å². The Morgan fingerprint density at radius 3 is 2.44 bits per heavy atom. The van der Waals surface area contributed by atoms with Crippen molar-refractivity contribution >= 4 is 8.32 Å². The zero-order chi connectivity index (χ0) is 23.2. The molecule has 182 valence electrons. The van der Waals surface area contributed by atoms with Crippen molar-refractivity contribution in [2.75, 3.05) is 13.2 Å². The highest BCUT2D eigenvalue weighted by molar-refractivity contribution is 6.74. The van der Waals surface area contributed by atoms with Crippen molar-refractivity contribution in [3.05, 3.63) is 11.6 Å². The Bertz CT molecular complexity index is 779. The summed E-state index contributed by atoms with van der Waals surface area (Å²) >= 11 is 0. The number of hydrogen-bond acceptors (Lipinski definition) is 4. The molecule has 0 amide bonds. The Morgan fingerprint density at radius 2 is 1.78 bits per heavy atom. The van der Waals surface area contributed by atoms with Crippen molar-refractivity contribution in [2.24, 2.45) is 28.6 Å². The van der Waals surface area contributed by atoms with Gasteiger partial charge in [0.05, 0.1) is 19.3 Å². The summed E-state index contributed by atoms with van der Waals surface area (Å²) in [6.45, 7) is 17.9. The van der Waals surface area contributed by atoms with Crippen LogP contribution in [0, 0.1) is 28.6 Å². The van der Waals surface area contributed by atoms with E-state index >= 15 is 0 Å². The van der Waals surface area contributed by atoms with Crippen molar-refractivity contribution < 1.29 is 19.0 Å². The minimum absolute atomic E-state index is 0.0750. The van der Waals surface area contributed by atoms with Gasteiger partial charge in [-0.05, 0) is 79.8 Å². The van der Waals surface area contributed by atoms with Crippen LogP contribution in [0.1, 0.15) is 79.6 Å². The van der Waals surface area contributed by atoms with Crippen LogP contribution in [0.3, 0.4) is 0 Å². The van der Waals surface area contributed by atoms with Gasteiger partial charge < -0.3 is 19.0 Å². The highest BCUT2D eigenvalue weighted by Crippen LogP contribution is 2.68. The lowest BCUT2D eigenvalue weighted by molar-refractivity contribution is -0.256. The minimum Gasteiger partial charge on any atom is -0.414 e. The molecule has 0 aromatic heterocycles. The molecule has 0 aromatic rings. The number of ether oxygens (including phenoxy) is 2. The van der Waals surface area contributed by atoms with Gasteiger partial charge in [0.25, 0.3) is 0 Å². The second-order valence-electron chi connectivity index (χ2n) is 13.6. The van der Waals surface area contributed by atoms with Gasteiger partial charge in [-0.15, -0.1) is 0 Å². The third-order valence-electron chi connectivity index (χ3n) is 11.1. The molecule has 0 radical (unpaired) electrons. The quantitative estimate of drug-likeness (QED) is 0.401. The fraction of sp³-hybridized carbons (Fsp3) is 0.926. The van der Waals surface area contributed by atoms with Crippen molar-refractivity contribution in [1.82, 2.24) is 0 Å². The summed E-state index contributed by atoms with van der Waals surface area (Å²) < 4.78 is 19.4. The molecule has 4 nitrogen and oxygen atoms in total. The van der Waals surface area contributed by atoms with Crippen LogP contribution < -0.4 is 0 Å². The van der Waals surface area contributed by atoms with E-state index in [1.54, 1.807) is 5.57 Å². The zero-order valence-corrected chi connectivity index (χ0v) is 22.5. The molecule has 4 aliphatic carbocycles. The summed E-state index contributed by atoms with van der Waals surface area (Å²) in [4.78, 5) is 0. The standard InChI is InChI=1S/C27H46O4Si/c1-24(2,3)32(6,7)31-19-10-12-25(4)18(16-19)8-9-20-21-11-13-27(29-14-15-30-27)26(21,5)17-22(28)23(20)25/h8,19-23,28H,9-17H2,1-7H3/t19?,20?,21?,22?,23?,25-,26-/m0/s1. The lowest BCUT2D eigenvalue weighted by atomic mass is 9.46. The van der Waals surface area contributed by atoms with Crippen molar-refractivity contribution in [3.8, 4) is 0 Å². The molecule has 5 rings (SSSR count). The van der Waals surface area contributed by atoms with E-state index in [0.717, 1.165) is 38.5 Å². The first kappa shape index (κ1) is 23.5. The summed E-state index contributed by atoms with van der Waals surface area (Å²) in [7, 11) is -1.77. The molecule has 32 heavy (non-hydrogen) atoms. The summed E-state index contributed by atoms with van der Waals surface area (Å²) in [5, 5.41) is 11.9. The van der Waals surface area contributed by atoms with E-state index in [4.69, 9.17) is 13.9 Å². The smallest absolute Gasteiger partial charge is 0.192 e. The number of aliphatic hydroxyl groups is 1. The number of allylic oxidation sites excluding steroid dienone is 1. The van der Waals surface area contributed by atoms with Gasteiger partial charge in [0.1, 0.15) is 0 Å². The fourth-order valence-corrected chi connectivity index (χ4v) is 9.72. The second-order valence-corrected chi connectivity index (χ2v) is 18.4. The first-order chi connectivity index (χ1) is 14.8. The predicted octanol–water partition coefficient (Wildman–Crippen LogP) is 6.05. The maximum Gasteiger partial charge on any atom is 0.192 e. The van der Waals surface area contributed by atoms with Gasteiger partial charge in [0, 0.05) is 17.9 Å². The minimum atomic E-state index is -1.77. The second kappa shape index (κ2) is 7.40. The van der Waals surface area contributed by atoms with Crippen LogP contribution in [-0.2, 0) is 13.9 Å². The van der Waals surface area contributed by atoms with Crippen LogP contribution in [0.5, 0.6) is 0 Å². The van der Waals surface area contributed by atoms with Crippen LogP contribution in [0.4, 0.5) is 0 Å². The molecule has 4 fully saturated rings. The van der Waals surface area contributed by atoms with Gasteiger partial charge in [-0.3, -0.25) is 0 Å². The van der Waals surface area contributed by atoms with E-state index in [1.807, 2.05) is 0 Å². The molecule has 3 saturated carbocycles. The van der Waals surface area contributed by atoms with Crippen molar-refractivity contribution in [2.45, 2.75) is 116 Å². The maximum absolute atomic E-state index is 11.7. The highest BCUT2D eigenvalue weighted by Gasteiger charge is 2.68. The molecule has 5 aliphatic rings. The third-order valence-corrected chi connectivity index (χ3v) is 15.6. The molecular weight excluding hydrogens is 416 g/mol. The number of rotatable bonds is 2. The summed E-state index contributed by atoms with van der Waals surface area (Å²) in [5.41, 5.74) is 1.59. The number of aliphatic hydroxyl groups excluding tert-OH is 1. The highest BCUT2D eigenvalue weighted by atomic mass is 28.4. The van der Waals surface area contributed by atoms with Gasteiger partial charge >= 0.3 is 0 Å². The SMILES string of the molecule is CC(C)(C)[Si](C)(C)OC1CC[C@@]2(C)C(=CCC3C2C(O)C[C@@]2(C)C3CCC23OCCO3)C1. The lowest BCUT2D eigenvalue weighted by Crippen LogP contribution is -2.60. The number of hydrogen-bond donors (Lipinski definition) is 1. The van der Waals surface area contributed by atoms with Crippen LogP contribution >= 0.6 is 0 Å². The topological polar surface area (TPSA) is 47.9 Å². The zero-order valence-electron chi connectivity index (χ0n) is 21.5. The number of fused-ring (bicyclic) bond motifs is 6. The average molecular weight is 463 g/mol. The fourth-order valence-electron chi connectivity index (χ4n) is 8.33. The van der Waals surface area contributed by atoms with Crippen LogP contribution in [0.15, 0.2) is 11.6 Å². The van der Waals surface area contributed by atoms with Gasteiger partial charge in [-0.1, -0.05) is 46.3 Å². The Balaban J connectivity index is 1.39. The van der Waals surface area contributed by atoms with E-state index < -0.39 is 14.1 Å². The average Bonchev–Trinajstić information content (AvgIpc) is 3.27. The summed E-state index contributed by atoms with van der Waals surface area (Å²) in [6, 6.07) is 0. The van der Waals surface area contributed by atoms with Gasteiger partial charge in [-0.25, -0.2) is 0 Å². The van der Waals surface area contributed by atoms with E-state index in [9.17, 15) is 5.11 Å². The molecule has 1 heterocycles. The Labute approximate surface area is 196 Å². The molecule has 1 aliphatic heterocycles. The summed E-state index contributed by atoms with van der Waals surface area (Å²) in [5.74, 6) is 1.00. The first-order valence-electron chi connectivity index (χ1n) is 13.2. The van der Waals surface area contributed by atoms with E-state index in [0.29, 0.717) is 37.1 Å². The Kier molecular flexibility index (Phi) is 5.44. The van der Waals surface area contributed by atoms with E-state index in [-0.39, 0.29) is 22.0 Å². The molecule has 7 atom stereocenters. The Hall–Kier alpha value is -0.203. The molecular formula is C27H46O4Si. The molecule has 1 saturated heterocycles. The van der Waals surface area contributed by atoms with Gasteiger partial charge in [-0.2, -0.15) is 0 Å². The molecule has 5 unspecified atom stereocenters. The van der Waals surface area contributed by atoms with E-state index in [2.05, 4.69) is 53.8 Å². The molecule has 0 aromatic carbocycles. The monoisotopic (exact) mass is 462 g/mol. The van der Waals surface area contributed by atoms with E-state index in [1.165, 1.54) is 6.42 Å². The van der Waals surface area contributed by atoms with Crippen LogP contribution in [0.25, 0.3) is 0 Å². The predicted molar refractivity (Wildman–Crippen MR) is 130 cm³/mol. The first-order valence-corrected chi connectivity index (χ1v) is 16.1. The lowest BCUT2D eigenvalue weighted by Gasteiger charge is -2.60. The third kappa shape index (κ3) is 3.21. The Morgan fingerprint density at radius 1 is 1.09 bits per heavy atom. The molecule has 0 bridgehead atoms. The van der Waals surface area contributed by atoms with Crippen molar-refractivity contribution in [1.29, 1.82) is 0 Å². The van der Waals surface area contributed by atoms with Crippen molar-refractivity contribution in [3.63, 3.8) is 0 Å². The molecule has 5 heteroatoms. The largest absolute Gasteiger partial charge is 0.414 e. The van der Waals surface area contributed by atoms with Gasteiger partial charge in [0.15, 0.2) is 14.1 Å². The summed E-state index contributed by atoms with van der Waals surface area (Å²) in [6.07, 6.45) is 9.98. The maximum atomic E-state index is 11.7. The van der Waals surface area contributed by atoms with Gasteiger partial charge in [0.2, 0.25) is 0 Å². The molecule has 1 spiro atoms. The van der Waals surface area contributed by atoms with Crippen LogP contribution in [0.2, 0.25) is 18.1 Å². The normalized spacial score (nSPS) is 45.9. The molecule has 1 N–H and O–H groups in total.